The Balaban J connectivity index is 2.61. The van der Waals surface area contributed by atoms with Gasteiger partial charge in [0.05, 0.1) is 0 Å². The summed E-state index contributed by atoms with van der Waals surface area (Å²) in [6, 6.07) is 0. The molecule has 72 valence electrons. The van der Waals surface area contributed by atoms with Crippen LogP contribution in [0.2, 0.25) is 0 Å². The Kier molecular flexibility index (Phi) is 2.75. The molecule has 0 aromatic heterocycles. The highest BCUT2D eigenvalue weighted by Crippen LogP contribution is 2.20. The van der Waals surface area contributed by atoms with E-state index in [-0.39, 0.29) is 0 Å². The topological polar surface area (TPSA) is 40.6 Å². The fraction of sp³-hybridized carbons (Fsp3) is 1.00. The predicted octanol–water partition coefficient (Wildman–Crippen LogP) is 0.135. The summed E-state index contributed by atoms with van der Waals surface area (Å²) in [4.78, 5) is 0. The molecule has 0 unspecified atom stereocenters. The van der Waals surface area contributed by atoms with Crippen LogP contribution in [0.3, 0.4) is 0 Å². The van der Waals surface area contributed by atoms with Crippen molar-refractivity contribution in [2.24, 2.45) is 5.92 Å². The van der Waals surface area contributed by atoms with Crippen molar-refractivity contribution in [3.63, 3.8) is 0 Å². The summed E-state index contributed by atoms with van der Waals surface area (Å²) in [5.74, 6) is 0.519. The van der Waals surface area contributed by atoms with Crippen LogP contribution in [0.15, 0.2) is 0 Å². The Hall–Kier alpha value is -0.130. The van der Waals surface area contributed by atoms with Crippen molar-refractivity contribution in [2.75, 3.05) is 26.7 Å². The second-order valence-electron chi connectivity index (χ2n) is 3.34. The van der Waals surface area contributed by atoms with Gasteiger partial charge in [-0.3, -0.25) is 0 Å². The summed E-state index contributed by atoms with van der Waals surface area (Å²) in [6.07, 6.45) is 0. The van der Waals surface area contributed by atoms with Gasteiger partial charge in [-0.05, 0) is 5.92 Å². The molecule has 0 aromatic rings. The van der Waals surface area contributed by atoms with E-state index in [1.54, 1.807) is 7.05 Å². The fourth-order valence-electron chi connectivity index (χ4n) is 1.19. The van der Waals surface area contributed by atoms with Gasteiger partial charge in [-0.1, -0.05) is 13.8 Å². The maximum absolute atomic E-state index is 11.5. The second kappa shape index (κ2) is 3.32. The van der Waals surface area contributed by atoms with Gasteiger partial charge >= 0.3 is 0 Å². The van der Waals surface area contributed by atoms with Gasteiger partial charge in [0.25, 0.3) is 10.2 Å². The van der Waals surface area contributed by atoms with Crippen molar-refractivity contribution in [3.05, 3.63) is 0 Å². The summed E-state index contributed by atoms with van der Waals surface area (Å²) in [6.45, 7) is 5.77. The third kappa shape index (κ3) is 1.62. The van der Waals surface area contributed by atoms with Gasteiger partial charge in [0.2, 0.25) is 0 Å². The Labute approximate surface area is 74.3 Å². The average molecular weight is 192 g/mol. The summed E-state index contributed by atoms with van der Waals surface area (Å²) in [7, 11) is -1.51. The first-order valence-corrected chi connectivity index (χ1v) is 5.59. The lowest BCUT2D eigenvalue weighted by molar-refractivity contribution is 0.204. The molecule has 1 rings (SSSR count). The van der Waals surface area contributed by atoms with Crippen LogP contribution < -0.4 is 0 Å². The Morgan fingerprint density at radius 1 is 1.50 bits per heavy atom. The highest BCUT2D eigenvalue weighted by Gasteiger charge is 2.34. The molecule has 1 aliphatic rings. The Bertz CT molecular complexity index is 244. The van der Waals surface area contributed by atoms with Crippen LogP contribution in [0.25, 0.3) is 0 Å². The minimum Gasteiger partial charge on any atom is -0.195 e. The van der Waals surface area contributed by atoms with Crippen molar-refractivity contribution in [2.45, 2.75) is 13.8 Å². The van der Waals surface area contributed by atoms with Crippen LogP contribution in [0.4, 0.5) is 0 Å². The molecule has 0 N–H and O–H groups in total. The third-order valence-corrected chi connectivity index (χ3v) is 4.19. The summed E-state index contributed by atoms with van der Waals surface area (Å²) in [5.41, 5.74) is 0. The molecule has 1 aliphatic heterocycles. The molecular weight excluding hydrogens is 176 g/mol. The van der Waals surface area contributed by atoms with E-state index in [0.717, 1.165) is 0 Å². The zero-order chi connectivity index (χ0) is 9.35. The van der Waals surface area contributed by atoms with Gasteiger partial charge in [0, 0.05) is 26.7 Å². The van der Waals surface area contributed by atoms with Crippen molar-refractivity contribution >= 4 is 10.2 Å². The molecular formula is C7H16N2O2S. The van der Waals surface area contributed by atoms with Crippen LogP contribution in [0, 0.1) is 5.92 Å². The SMILES string of the molecule is CCN(C)S(=O)(=O)N1CC(C)C1. The molecule has 0 saturated carbocycles. The molecule has 0 aromatic carbocycles. The molecule has 1 saturated heterocycles. The minimum atomic E-state index is -3.12. The van der Waals surface area contributed by atoms with Crippen LogP contribution in [-0.2, 0) is 10.2 Å². The maximum Gasteiger partial charge on any atom is 0.281 e. The smallest absolute Gasteiger partial charge is 0.195 e. The normalized spacial score (nSPS) is 21.3. The van der Waals surface area contributed by atoms with Gasteiger partial charge in [0.15, 0.2) is 0 Å². The van der Waals surface area contributed by atoms with E-state index in [2.05, 4.69) is 6.92 Å². The van der Waals surface area contributed by atoms with E-state index < -0.39 is 10.2 Å². The van der Waals surface area contributed by atoms with Gasteiger partial charge in [-0.25, -0.2) is 0 Å². The molecule has 0 atom stereocenters. The first-order valence-electron chi connectivity index (χ1n) is 4.20. The van der Waals surface area contributed by atoms with Gasteiger partial charge in [-0.15, -0.1) is 0 Å². The number of hydrogen-bond donors (Lipinski definition) is 0. The van der Waals surface area contributed by atoms with Crippen molar-refractivity contribution in [1.29, 1.82) is 0 Å². The lowest BCUT2D eigenvalue weighted by atomic mass is 10.1. The molecule has 0 spiro atoms. The highest BCUT2D eigenvalue weighted by atomic mass is 32.2. The Morgan fingerprint density at radius 2 is 2.00 bits per heavy atom. The largest absolute Gasteiger partial charge is 0.281 e. The summed E-state index contributed by atoms with van der Waals surface area (Å²) >= 11 is 0. The van der Waals surface area contributed by atoms with E-state index in [1.807, 2.05) is 6.92 Å². The van der Waals surface area contributed by atoms with E-state index in [4.69, 9.17) is 0 Å². The number of rotatable bonds is 3. The average Bonchev–Trinajstić information content (AvgIpc) is 1.96. The van der Waals surface area contributed by atoms with Crippen molar-refractivity contribution in [3.8, 4) is 0 Å². The first kappa shape index (κ1) is 9.95. The lowest BCUT2D eigenvalue weighted by Crippen LogP contribution is -2.53. The van der Waals surface area contributed by atoms with Crippen LogP contribution in [0.1, 0.15) is 13.8 Å². The van der Waals surface area contributed by atoms with E-state index in [9.17, 15) is 8.42 Å². The van der Waals surface area contributed by atoms with Crippen LogP contribution in [0.5, 0.6) is 0 Å². The standard InChI is InChI=1S/C7H16N2O2S/c1-4-8(3)12(10,11)9-5-7(2)6-9/h7H,4-6H2,1-3H3. The van der Waals surface area contributed by atoms with Crippen LogP contribution in [-0.4, -0.2) is 43.7 Å². The number of nitrogens with zero attached hydrogens (tertiary/aromatic N) is 2. The first-order chi connectivity index (χ1) is 5.48. The molecule has 0 aliphatic carbocycles. The molecule has 0 bridgehead atoms. The maximum atomic E-state index is 11.5. The van der Waals surface area contributed by atoms with Crippen molar-refractivity contribution < 1.29 is 8.42 Å². The van der Waals surface area contributed by atoms with Crippen molar-refractivity contribution in [1.82, 2.24) is 8.61 Å². The minimum absolute atomic E-state index is 0.519. The number of hydrogen-bond acceptors (Lipinski definition) is 2. The quantitative estimate of drug-likeness (QED) is 0.638. The molecule has 0 amide bonds. The molecule has 0 radical (unpaired) electrons. The van der Waals surface area contributed by atoms with Gasteiger partial charge in [0.1, 0.15) is 0 Å². The second-order valence-corrected chi connectivity index (χ2v) is 5.38. The molecule has 1 heterocycles. The zero-order valence-electron chi connectivity index (χ0n) is 7.82. The zero-order valence-corrected chi connectivity index (χ0v) is 8.63. The lowest BCUT2D eigenvalue weighted by Gasteiger charge is -2.37. The molecule has 5 heteroatoms. The van der Waals surface area contributed by atoms with Gasteiger partial charge < -0.3 is 0 Å². The fourth-order valence-corrected chi connectivity index (χ4v) is 2.80. The van der Waals surface area contributed by atoms with Crippen LogP contribution >= 0.6 is 0 Å². The summed E-state index contributed by atoms with van der Waals surface area (Å²) in [5, 5.41) is 0. The Morgan fingerprint density at radius 3 is 2.33 bits per heavy atom. The molecule has 4 nitrogen and oxygen atoms in total. The third-order valence-electron chi connectivity index (χ3n) is 2.20. The predicted molar refractivity (Wildman–Crippen MR) is 48.0 cm³/mol. The monoisotopic (exact) mass is 192 g/mol. The summed E-state index contributed by atoms with van der Waals surface area (Å²) < 4.78 is 26.0. The van der Waals surface area contributed by atoms with E-state index >= 15 is 0 Å². The molecule has 12 heavy (non-hydrogen) atoms. The highest BCUT2D eigenvalue weighted by molar-refractivity contribution is 7.86. The van der Waals surface area contributed by atoms with E-state index in [1.165, 1.54) is 8.61 Å². The van der Waals surface area contributed by atoms with Gasteiger partial charge in [-0.2, -0.15) is 17.0 Å². The van der Waals surface area contributed by atoms with E-state index in [0.29, 0.717) is 25.6 Å². The molecule has 1 fully saturated rings.